The van der Waals surface area contributed by atoms with Gasteiger partial charge in [-0.05, 0) is 19.8 Å². The first-order chi connectivity index (χ1) is 14.8. The summed E-state index contributed by atoms with van der Waals surface area (Å²) >= 11 is 0. The van der Waals surface area contributed by atoms with Crippen molar-refractivity contribution in [2.24, 2.45) is 0 Å². The highest BCUT2D eigenvalue weighted by Crippen LogP contribution is 2.42. The minimum Gasteiger partial charge on any atom is -0.365 e. The Bertz CT molecular complexity index is 1250. The number of fused-ring (bicyclic) bond motifs is 1. The zero-order valence-corrected chi connectivity index (χ0v) is 16.7. The van der Waals surface area contributed by atoms with Crippen LogP contribution in [0.5, 0.6) is 0 Å². The van der Waals surface area contributed by atoms with E-state index in [4.69, 9.17) is 6.42 Å². The van der Waals surface area contributed by atoms with Gasteiger partial charge in [-0.25, -0.2) is 23.1 Å². The molecule has 3 aromatic rings. The van der Waals surface area contributed by atoms with Crippen LogP contribution < -0.4 is 10.9 Å². The third-order valence-corrected chi connectivity index (χ3v) is 5.09. The van der Waals surface area contributed by atoms with Crippen molar-refractivity contribution in [3.63, 3.8) is 0 Å². The Labute approximate surface area is 177 Å². The third kappa shape index (κ3) is 4.10. The highest BCUT2D eigenvalue weighted by molar-refractivity contribution is 5.88. The van der Waals surface area contributed by atoms with Gasteiger partial charge in [0.15, 0.2) is 0 Å². The molecule has 0 saturated heterocycles. The lowest BCUT2D eigenvalue weighted by molar-refractivity contribution is 0.146. The number of anilines is 1. The predicted molar refractivity (Wildman–Crippen MR) is 113 cm³/mol. The van der Waals surface area contributed by atoms with Gasteiger partial charge in [0.05, 0.1) is 16.5 Å². The number of terminal acetylenes is 2. The molecule has 0 radical (unpaired) electrons. The summed E-state index contributed by atoms with van der Waals surface area (Å²) in [6.45, 7) is 1.61. The number of aromatic nitrogens is 3. The molecule has 1 aliphatic rings. The minimum absolute atomic E-state index is 0.0582. The molecule has 5 nitrogen and oxygen atoms in total. The average Bonchev–Trinajstić information content (AvgIpc) is 3.54. The van der Waals surface area contributed by atoms with Crippen LogP contribution in [0.15, 0.2) is 35.3 Å². The molecule has 1 aliphatic carbocycles. The molecule has 0 amide bonds. The van der Waals surface area contributed by atoms with Crippen LogP contribution in [0.1, 0.15) is 36.2 Å². The zero-order chi connectivity index (χ0) is 22.8. The molecule has 1 saturated carbocycles. The van der Waals surface area contributed by atoms with Gasteiger partial charge < -0.3 is 5.32 Å². The fourth-order valence-corrected chi connectivity index (χ4v) is 3.35. The monoisotopic (exact) mass is 424 g/mol. The van der Waals surface area contributed by atoms with Gasteiger partial charge in [0, 0.05) is 24.4 Å². The Balaban J connectivity index is 0.00000132. The summed E-state index contributed by atoms with van der Waals surface area (Å²) in [5, 5.41) is 3.53. The fourth-order valence-electron chi connectivity index (χ4n) is 3.35. The van der Waals surface area contributed by atoms with Gasteiger partial charge in [0.2, 0.25) is 0 Å². The van der Waals surface area contributed by atoms with Crippen molar-refractivity contribution in [3.05, 3.63) is 63.6 Å². The maximum atomic E-state index is 14.3. The van der Waals surface area contributed by atoms with E-state index in [1.165, 1.54) is 22.8 Å². The molecule has 31 heavy (non-hydrogen) atoms. The van der Waals surface area contributed by atoms with Crippen molar-refractivity contribution in [1.82, 2.24) is 14.5 Å². The molecule has 0 aliphatic heterocycles. The minimum atomic E-state index is -2.90. The Morgan fingerprint density at radius 2 is 2.00 bits per heavy atom. The Morgan fingerprint density at radius 1 is 1.29 bits per heavy atom. The van der Waals surface area contributed by atoms with Crippen LogP contribution in [-0.2, 0) is 12.1 Å². The maximum absolute atomic E-state index is 14.3. The van der Waals surface area contributed by atoms with Crippen LogP contribution in [0.3, 0.4) is 0 Å². The molecule has 1 aromatic carbocycles. The molecule has 0 bridgehead atoms. The number of alkyl halides is 2. The largest absolute Gasteiger partial charge is 0.365 e. The van der Waals surface area contributed by atoms with Crippen molar-refractivity contribution in [2.75, 3.05) is 5.32 Å². The van der Waals surface area contributed by atoms with Gasteiger partial charge in [0.1, 0.15) is 23.0 Å². The fraction of sp³-hybridized carbons (Fsp3) is 0.261. The molecule has 0 unspecified atom stereocenters. The molecular formula is C23H19F3N4O. The Morgan fingerprint density at radius 3 is 2.61 bits per heavy atom. The van der Waals surface area contributed by atoms with E-state index in [0.717, 1.165) is 6.07 Å². The maximum Gasteiger partial charge on any atom is 0.266 e. The molecule has 2 aromatic heterocycles. The Hall–Kier alpha value is -3.78. The molecular weight excluding hydrogens is 405 g/mol. The van der Waals surface area contributed by atoms with Gasteiger partial charge in [0.25, 0.3) is 12.0 Å². The van der Waals surface area contributed by atoms with Crippen LogP contribution in [0.4, 0.5) is 19.0 Å². The number of nitrogens with one attached hydrogen (secondary N) is 1. The van der Waals surface area contributed by atoms with E-state index in [1.807, 2.05) is 0 Å². The summed E-state index contributed by atoms with van der Waals surface area (Å²) < 4.78 is 41.7. The predicted octanol–water partition coefficient (Wildman–Crippen LogP) is 4.16. The van der Waals surface area contributed by atoms with E-state index >= 15 is 0 Å². The highest BCUT2D eigenvalue weighted by Gasteiger charge is 2.43. The molecule has 0 spiro atoms. The zero-order valence-electron chi connectivity index (χ0n) is 16.7. The second-order valence-electron chi connectivity index (χ2n) is 7.05. The summed E-state index contributed by atoms with van der Waals surface area (Å²) in [6.07, 6.45) is 13.7. The topological polar surface area (TPSA) is 59.8 Å². The van der Waals surface area contributed by atoms with E-state index in [9.17, 15) is 18.0 Å². The standard InChI is InChI=1S/C21H17F3N4O.C2H2/c1-3-21(7-8-21)28-11-15-16(9-17(28)29)26-12(2)27-20(15)25-10-13-5-4-6-14(18(13)22)19(23)24;1-2/h1,4-6,9,11,19H,7-8,10H2,2H3,(H,25,26,27);1-2H. The smallest absolute Gasteiger partial charge is 0.266 e. The molecule has 1 N–H and O–H groups in total. The second kappa shape index (κ2) is 8.53. The van der Waals surface area contributed by atoms with Crippen LogP contribution in [0, 0.1) is 37.9 Å². The number of halogens is 3. The summed E-state index contributed by atoms with van der Waals surface area (Å²) in [7, 11) is 0. The van der Waals surface area contributed by atoms with Crippen molar-refractivity contribution < 1.29 is 13.2 Å². The summed E-state index contributed by atoms with van der Waals surface area (Å²) in [6, 6.07) is 5.26. The lowest BCUT2D eigenvalue weighted by atomic mass is 10.1. The van der Waals surface area contributed by atoms with Crippen molar-refractivity contribution in [2.45, 2.75) is 38.3 Å². The first kappa shape index (κ1) is 21.9. The average molecular weight is 424 g/mol. The molecule has 2 heterocycles. The number of benzene rings is 1. The van der Waals surface area contributed by atoms with Crippen molar-refractivity contribution in [3.8, 4) is 25.2 Å². The van der Waals surface area contributed by atoms with Gasteiger partial charge in [-0.1, -0.05) is 24.1 Å². The number of hydrogen-bond donors (Lipinski definition) is 1. The van der Waals surface area contributed by atoms with E-state index in [0.29, 0.717) is 35.4 Å². The summed E-state index contributed by atoms with van der Waals surface area (Å²) in [5.74, 6) is 2.50. The number of hydrogen-bond acceptors (Lipinski definition) is 4. The quantitative estimate of drug-likeness (QED) is 0.625. The molecule has 8 heteroatoms. The van der Waals surface area contributed by atoms with Gasteiger partial charge in [-0.15, -0.1) is 19.3 Å². The Kier molecular flexibility index (Phi) is 6.03. The van der Waals surface area contributed by atoms with Crippen LogP contribution in [-0.4, -0.2) is 14.5 Å². The lowest BCUT2D eigenvalue weighted by Gasteiger charge is -2.16. The second-order valence-corrected chi connectivity index (χ2v) is 7.05. The molecule has 158 valence electrons. The highest BCUT2D eigenvalue weighted by atomic mass is 19.3. The van der Waals surface area contributed by atoms with Crippen LogP contribution in [0.2, 0.25) is 0 Å². The van der Waals surface area contributed by atoms with Crippen LogP contribution in [0.25, 0.3) is 10.9 Å². The van der Waals surface area contributed by atoms with Crippen molar-refractivity contribution in [1.29, 1.82) is 0 Å². The number of pyridine rings is 1. The number of rotatable bonds is 5. The SMILES string of the molecule is C#C.C#CC1(n2cc3c(NCc4cccc(C(F)F)c4F)nc(C)nc3cc2=O)CC1. The van der Waals surface area contributed by atoms with E-state index < -0.39 is 23.3 Å². The van der Waals surface area contributed by atoms with E-state index in [-0.39, 0.29) is 17.7 Å². The number of nitrogens with zero attached hydrogens (tertiary/aromatic N) is 3. The molecule has 4 rings (SSSR count). The van der Waals surface area contributed by atoms with Gasteiger partial charge in [-0.3, -0.25) is 9.36 Å². The van der Waals surface area contributed by atoms with Crippen molar-refractivity contribution >= 4 is 16.7 Å². The van der Waals surface area contributed by atoms with Gasteiger partial charge in [-0.2, -0.15) is 0 Å². The van der Waals surface area contributed by atoms with E-state index in [1.54, 1.807) is 13.1 Å². The van der Waals surface area contributed by atoms with Gasteiger partial charge >= 0.3 is 0 Å². The third-order valence-electron chi connectivity index (χ3n) is 5.09. The summed E-state index contributed by atoms with van der Waals surface area (Å²) in [4.78, 5) is 21.1. The normalized spacial score (nSPS) is 13.9. The van der Waals surface area contributed by atoms with Crippen LogP contribution >= 0.6 is 0 Å². The summed E-state index contributed by atoms with van der Waals surface area (Å²) in [5.41, 5.74) is -1.02. The molecule has 1 fully saturated rings. The number of aryl methyl sites for hydroxylation is 1. The lowest BCUT2D eigenvalue weighted by Crippen LogP contribution is -2.28. The first-order valence-corrected chi connectivity index (χ1v) is 9.36. The van der Waals surface area contributed by atoms with E-state index in [2.05, 4.69) is 34.1 Å². The first-order valence-electron chi connectivity index (χ1n) is 9.36. The molecule has 0 atom stereocenters.